The van der Waals surface area contributed by atoms with Crippen LogP contribution in [-0.4, -0.2) is 43.8 Å². The fraction of sp³-hybridized carbons (Fsp3) is 0.429. The van der Waals surface area contributed by atoms with Crippen molar-refractivity contribution in [2.75, 3.05) is 11.9 Å². The molecule has 0 unspecified atom stereocenters. The third-order valence-electron chi connectivity index (χ3n) is 6.41. The molecule has 2 N–H and O–H groups in total. The van der Waals surface area contributed by atoms with Crippen molar-refractivity contribution in [3.05, 3.63) is 36.5 Å². The Labute approximate surface area is 163 Å². The van der Waals surface area contributed by atoms with E-state index in [1.54, 1.807) is 12.3 Å². The SMILES string of the molecule is CN(c1ccc(-c2ccc(-c3c[nH]nn3)cc2O)nn1)[C@H]1C[C@@H]2CC[C@@H](C2)C1. The van der Waals surface area contributed by atoms with Crippen LogP contribution in [0.25, 0.3) is 22.5 Å². The summed E-state index contributed by atoms with van der Waals surface area (Å²) < 4.78 is 0. The van der Waals surface area contributed by atoms with E-state index in [-0.39, 0.29) is 5.75 Å². The molecule has 2 aliphatic rings. The van der Waals surface area contributed by atoms with Crippen molar-refractivity contribution in [2.45, 2.75) is 38.1 Å². The van der Waals surface area contributed by atoms with Gasteiger partial charge >= 0.3 is 0 Å². The maximum absolute atomic E-state index is 10.5. The molecule has 2 aliphatic carbocycles. The van der Waals surface area contributed by atoms with Crippen molar-refractivity contribution in [1.29, 1.82) is 0 Å². The van der Waals surface area contributed by atoms with Gasteiger partial charge in [0, 0.05) is 30.4 Å². The van der Waals surface area contributed by atoms with E-state index in [2.05, 4.69) is 37.6 Å². The van der Waals surface area contributed by atoms with Crippen LogP contribution < -0.4 is 4.90 Å². The lowest BCUT2D eigenvalue weighted by Gasteiger charge is -2.35. The lowest BCUT2D eigenvalue weighted by molar-refractivity contribution is 0.312. The standard InChI is InChI=1S/C21H24N6O/c1-27(16-9-13-2-3-14(8-13)10-16)21-7-6-18(23-25-21)17-5-4-15(11-20(17)28)19-12-22-26-24-19/h4-7,11-14,16,28H,2-3,8-10H2,1H3,(H,22,24,26)/t13-,14+,16+. The van der Waals surface area contributed by atoms with E-state index >= 15 is 0 Å². The van der Waals surface area contributed by atoms with Gasteiger partial charge in [-0.25, -0.2) is 0 Å². The first-order valence-electron chi connectivity index (χ1n) is 9.94. The van der Waals surface area contributed by atoms with Crippen LogP contribution in [-0.2, 0) is 0 Å². The normalized spacial score (nSPS) is 23.7. The van der Waals surface area contributed by atoms with Gasteiger partial charge in [-0.1, -0.05) is 24.1 Å². The van der Waals surface area contributed by atoms with Gasteiger partial charge in [-0.15, -0.1) is 15.3 Å². The minimum Gasteiger partial charge on any atom is -0.507 e. The molecule has 3 aromatic rings. The van der Waals surface area contributed by atoms with Crippen LogP contribution in [0.15, 0.2) is 36.5 Å². The van der Waals surface area contributed by atoms with Crippen molar-refractivity contribution in [1.82, 2.24) is 25.6 Å². The predicted molar refractivity (Wildman–Crippen MR) is 107 cm³/mol. The summed E-state index contributed by atoms with van der Waals surface area (Å²) in [6.07, 6.45) is 8.42. The Hall–Kier alpha value is -2.96. The minimum absolute atomic E-state index is 0.153. The smallest absolute Gasteiger partial charge is 0.151 e. The zero-order valence-electron chi connectivity index (χ0n) is 15.9. The molecule has 2 bridgehead atoms. The molecule has 2 heterocycles. The van der Waals surface area contributed by atoms with Gasteiger partial charge in [-0.05, 0) is 55.4 Å². The van der Waals surface area contributed by atoms with Crippen LogP contribution in [0.5, 0.6) is 5.75 Å². The van der Waals surface area contributed by atoms with Gasteiger partial charge in [0.05, 0.1) is 5.69 Å². The number of rotatable bonds is 4. The number of phenols is 1. The molecule has 0 aliphatic heterocycles. The van der Waals surface area contributed by atoms with Crippen LogP contribution in [0.4, 0.5) is 5.82 Å². The molecule has 7 nitrogen and oxygen atoms in total. The van der Waals surface area contributed by atoms with Crippen LogP contribution in [0.3, 0.4) is 0 Å². The summed E-state index contributed by atoms with van der Waals surface area (Å²) in [5, 5.41) is 29.6. The molecule has 1 aromatic carbocycles. The second-order valence-corrected chi connectivity index (χ2v) is 8.15. The number of aromatic nitrogens is 5. The van der Waals surface area contributed by atoms with Crippen LogP contribution >= 0.6 is 0 Å². The number of H-pyrrole nitrogens is 1. The summed E-state index contributed by atoms with van der Waals surface area (Å²) in [5.74, 6) is 2.82. The molecule has 2 aromatic heterocycles. The molecular formula is C21H24N6O. The molecule has 28 heavy (non-hydrogen) atoms. The third kappa shape index (κ3) is 3.10. The van der Waals surface area contributed by atoms with Gasteiger partial charge in [0.2, 0.25) is 0 Å². The molecule has 144 valence electrons. The van der Waals surface area contributed by atoms with Crippen molar-refractivity contribution in [2.24, 2.45) is 11.8 Å². The molecule has 5 rings (SSSR count). The highest BCUT2D eigenvalue weighted by Gasteiger charge is 2.36. The summed E-state index contributed by atoms with van der Waals surface area (Å²) in [4.78, 5) is 2.29. The molecule has 2 fully saturated rings. The summed E-state index contributed by atoms with van der Waals surface area (Å²) >= 11 is 0. The number of nitrogens with one attached hydrogen (secondary N) is 1. The second kappa shape index (κ2) is 6.89. The first-order valence-corrected chi connectivity index (χ1v) is 9.94. The van der Waals surface area contributed by atoms with E-state index in [9.17, 15) is 5.11 Å². The van der Waals surface area contributed by atoms with E-state index in [0.29, 0.717) is 23.0 Å². The quantitative estimate of drug-likeness (QED) is 0.722. The van der Waals surface area contributed by atoms with Crippen LogP contribution in [0, 0.1) is 11.8 Å². The van der Waals surface area contributed by atoms with E-state index in [0.717, 1.165) is 23.2 Å². The lowest BCUT2D eigenvalue weighted by atomic mass is 9.85. The number of phenolic OH excluding ortho intramolecular Hbond substituents is 1. The highest BCUT2D eigenvalue weighted by atomic mass is 16.3. The largest absolute Gasteiger partial charge is 0.507 e. The molecule has 3 atom stereocenters. The summed E-state index contributed by atoms with van der Waals surface area (Å²) in [6.45, 7) is 0. The second-order valence-electron chi connectivity index (χ2n) is 8.15. The third-order valence-corrected chi connectivity index (χ3v) is 6.41. The average Bonchev–Trinajstić information content (AvgIpc) is 3.37. The number of hydrogen-bond acceptors (Lipinski definition) is 6. The predicted octanol–water partition coefficient (Wildman–Crippen LogP) is 3.65. The number of anilines is 1. The maximum Gasteiger partial charge on any atom is 0.151 e. The number of aromatic amines is 1. The first-order chi connectivity index (χ1) is 13.7. The number of hydrogen-bond donors (Lipinski definition) is 2. The summed E-state index contributed by atoms with van der Waals surface area (Å²) in [6, 6.07) is 9.90. The van der Waals surface area contributed by atoms with Gasteiger partial charge in [0.1, 0.15) is 11.4 Å². The molecular weight excluding hydrogens is 352 g/mol. The number of fused-ring (bicyclic) bond motifs is 2. The van der Waals surface area contributed by atoms with E-state index in [1.807, 2.05) is 24.3 Å². The molecule has 0 amide bonds. The topological polar surface area (TPSA) is 90.8 Å². The Kier molecular flexibility index (Phi) is 4.22. The Balaban J connectivity index is 1.35. The molecule has 0 spiro atoms. The Bertz CT molecular complexity index is 944. The molecule has 0 radical (unpaired) electrons. The van der Waals surface area contributed by atoms with Crippen molar-refractivity contribution >= 4 is 5.82 Å². The fourth-order valence-electron chi connectivity index (χ4n) is 4.88. The maximum atomic E-state index is 10.5. The van der Waals surface area contributed by atoms with E-state index in [1.165, 1.54) is 32.1 Å². The van der Waals surface area contributed by atoms with Gasteiger partial charge in [-0.3, -0.25) is 5.10 Å². The van der Waals surface area contributed by atoms with Crippen LogP contribution in [0.2, 0.25) is 0 Å². The van der Waals surface area contributed by atoms with Crippen molar-refractivity contribution < 1.29 is 5.11 Å². The van der Waals surface area contributed by atoms with E-state index in [4.69, 9.17) is 0 Å². The minimum atomic E-state index is 0.153. The lowest BCUT2D eigenvalue weighted by Crippen LogP contribution is -2.37. The summed E-state index contributed by atoms with van der Waals surface area (Å²) in [5.41, 5.74) is 2.80. The fourth-order valence-corrected chi connectivity index (χ4v) is 4.88. The zero-order valence-corrected chi connectivity index (χ0v) is 15.9. The van der Waals surface area contributed by atoms with Crippen LogP contribution in [0.1, 0.15) is 32.1 Å². The Morgan fingerprint density at radius 3 is 2.43 bits per heavy atom. The molecule has 7 heteroatoms. The average molecular weight is 376 g/mol. The summed E-state index contributed by atoms with van der Waals surface area (Å²) in [7, 11) is 2.13. The monoisotopic (exact) mass is 376 g/mol. The molecule has 0 saturated heterocycles. The van der Waals surface area contributed by atoms with E-state index < -0.39 is 0 Å². The van der Waals surface area contributed by atoms with Crippen molar-refractivity contribution in [3.63, 3.8) is 0 Å². The number of nitrogens with zero attached hydrogens (tertiary/aromatic N) is 5. The van der Waals surface area contributed by atoms with Gasteiger partial charge < -0.3 is 10.0 Å². The van der Waals surface area contributed by atoms with Crippen molar-refractivity contribution in [3.8, 4) is 28.3 Å². The molecule has 2 saturated carbocycles. The first kappa shape index (κ1) is 17.2. The number of aromatic hydroxyl groups is 1. The Morgan fingerprint density at radius 2 is 1.79 bits per heavy atom. The van der Waals surface area contributed by atoms with Gasteiger partial charge in [-0.2, -0.15) is 0 Å². The number of benzene rings is 1. The zero-order chi connectivity index (χ0) is 19.1. The van der Waals surface area contributed by atoms with Gasteiger partial charge in [0.15, 0.2) is 5.82 Å². The highest BCUT2D eigenvalue weighted by Crippen LogP contribution is 2.43. The van der Waals surface area contributed by atoms with Gasteiger partial charge in [0.25, 0.3) is 0 Å². The Morgan fingerprint density at radius 1 is 0.964 bits per heavy atom. The highest BCUT2D eigenvalue weighted by molar-refractivity contribution is 5.72.